The van der Waals surface area contributed by atoms with Crippen LogP contribution < -0.4 is 10.2 Å². The molecule has 7 heteroatoms. The van der Waals surface area contributed by atoms with Crippen molar-refractivity contribution in [1.82, 2.24) is 19.8 Å². The summed E-state index contributed by atoms with van der Waals surface area (Å²) in [6.07, 6.45) is 1.09. The zero-order chi connectivity index (χ0) is 21.6. The van der Waals surface area contributed by atoms with Crippen LogP contribution in [0.3, 0.4) is 0 Å². The Morgan fingerprint density at radius 3 is 2.35 bits per heavy atom. The molecular formula is C24H36N6O. The van der Waals surface area contributed by atoms with Crippen molar-refractivity contribution in [1.29, 1.82) is 0 Å². The Kier molecular flexibility index (Phi) is 7.37. The zero-order valence-corrected chi connectivity index (χ0v) is 19.2. The number of morpholine rings is 1. The number of ether oxygens (including phenoxy) is 1. The first-order valence-electron chi connectivity index (χ1n) is 11.5. The number of nitrogens with zero attached hydrogens (tertiary/aromatic N) is 5. The third kappa shape index (κ3) is 5.73. The Morgan fingerprint density at radius 2 is 1.65 bits per heavy atom. The van der Waals surface area contributed by atoms with Crippen molar-refractivity contribution in [2.24, 2.45) is 0 Å². The van der Waals surface area contributed by atoms with E-state index in [4.69, 9.17) is 14.7 Å². The first kappa shape index (κ1) is 22.0. The van der Waals surface area contributed by atoms with Crippen LogP contribution in [-0.2, 0) is 4.74 Å². The lowest BCUT2D eigenvalue weighted by Crippen LogP contribution is -2.44. The first-order valence-corrected chi connectivity index (χ1v) is 11.5. The van der Waals surface area contributed by atoms with E-state index in [1.54, 1.807) is 0 Å². The predicted molar refractivity (Wildman–Crippen MR) is 127 cm³/mol. The highest BCUT2D eigenvalue weighted by Gasteiger charge is 2.15. The van der Waals surface area contributed by atoms with Crippen molar-refractivity contribution in [2.75, 3.05) is 82.8 Å². The summed E-state index contributed by atoms with van der Waals surface area (Å²) in [5.41, 5.74) is 4.51. The average Bonchev–Trinajstić information content (AvgIpc) is 2.80. The maximum atomic E-state index is 5.43. The first-order chi connectivity index (χ1) is 15.1. The van der Waals surface area contributed by atoms with Crippen LogP contribution in [0, 0.1) is 13.8 Å². The fourth-order valence-electron chi connectivity index (χ4n) is 4.15. The molecule has 0 radical (unpaired) electrons. The minimum atomic E-state index is 0.795. The molecule has 2 aromatic rings. The number of likely N-dealkylation sites (N-methyl/N-ethyl adjacent to an activating group) is 1. The lowest BCUT2D eigenvalue weighted by atomic mass is 10.1. The summed E-state index contributed by atoms with van der Waals surface area (Å²) in [6, 6.07) is 8.71. The molecule has 4 rings (SSSR count). The molecule has 7 nitrogen and oxygen atoms in total. The molecule has 0 unspecified atom stereocenters. The van der Waals surface area contributed by atoms with Crippen LogP contribution in [0.2, 0.25) is 0 Å². The van der Waals surface area contributed by atoms with E-state index >= 15 is 0 Å². The Labute approximate surface area is 186 Å². The summed E-state index contributed by atoms with van der Waals surface area (Å²) in [5.74, 6) is 1.75. The number of hydrogen-bond donors (Lipinski definition) is 1. The smallest absolute Gasteiger partial charge is 0.161 e. The summed E-state index contributed by atoms with van der Waals surface area (Å²) < 4.78 is 5.43. The van der Waals surface area contributed by atoms with Crippen molar-refractivity contribution < 1.29 is 4.74 Å². The second-order valence-corrected chi connectivity index (χ2v) is 8.68. The molecule has 2 fully saturated rings. The molecule has 2 aliphatic heterocycles. The van der Waals surface area contributed by atoms with Crippen molar-refractivity contribution in [3.63, 3.8) is 0 Å². The third-order valence-electron chi connectivity index (χ3n) is 6.43. The number of benzene rings is 1. The highest BCUT2D eigenvalue weighted by atomic mass is 16.5. The van der Waals surface area contributed by atoms with Gasteiger partial charge in [0.05, 0.1) is 13.2 Å². The topological polar surface area (TPSA) is 56.8 Å². The summed E-state index contributed by atoms with van der Waals surface area (Å²) >= 11 is 0. The van der Waals surface area contributed by atoms with E-state index in [-0.39, 0.29) is 0 Å². The van der Waals surface area contributed by atoms with Gasteiger partial charge in [-0.15, -0.1) is 0 Å². The van der Waals surface area contributed by atoms with Gasteiger partial charge < -0.3 is 19.9 Å². The standard InChI is InChI=1S/C24H36N6O/c1-19-20(2)26-24(27-23(19)25-9-4-10-29-15-17-31-18-16-29)21-5-7-22(8-6-21)30-13-11-28(3)12-14-30/h5-8H,4,9-18H2,1-3H3,(H,25,26,27). The van der Waals surface area contributed by atoms with Gasteiger partial charge in [-0.3, -0.25) is 4.90 Å². The molecule has 0 spiro atoms. The van der Waals surface area contributed by atoms with Crippen LogP contribution in [0.15, 0.2) is 24.3 Å². The monoisotopic (exact) mass is 424 g/mol. The Hall–Kier alpha value is -2.22. The van der Waals surface area contributed by atoms with Crippen LogP contribution in [0.25, 0.3) is 11.4 Å². The maximum absolute atomic E-state index is 5.43. The zero-order valence-electron chi connectivity index (χ0n) is 19.2. The molecule has 0 amide bonds. The van der Waals surface area contributed by atoms with Crippen LogP contribution in [0.5, 0.6) is 0 Å². The van der Waals surface area contributed by atoms with Crippen LogP contribution >= 0.6 is 0 Å². The van der Waals surface area contributed by atoms with Gasteiger partial charge in [0, 0.05) is 68.3 Å². The van der Waals surface area contributed by atoms with Crippen molar-refractivity contribution in [3.05, 3.63) is 35.5 Å². The van der Waals surface area contributed by atoms with Crippen molar-refractivity contribution in [2.45, 2.75) is 20.3 Å². The van der Waals surface area contributed by atoms with E-state index in [9.17, 15) is 0 Å². The molecule has 0 saturated carbocycles. The number of nitrogens with one attached hydrogen (secondary N) is 1. The largest absolute Gasteiger partial charge is 0.379 e. The molecule has 1 aromatic carbocycles. The lowest BCUT2D eigenvalue weighted by Gasteiger charge is -2.34. The minimum absolute atomic E-state index is 0.795. The van der Waals surface area contributed by atoms with Crippen LogP contribution in [0.4, 0.5) is 11.5 Å². The van der Waals surface area contributed by atoms with Crippen molar-refractivity contribution in [3.8, 4) is 11.4 Å². The molecule has 1 aromatic heterocycles. The highest BCUT2D eigenvalue weighted by Crippen LogP contribution is 2.25. The second-order valence-electron chi connectivity index (χ2n) is 8.68. The highest BCUT2D eigenvalue weighted by molar-refractivity contribution is 5.63. The molecular weight excluding hydrogens is 388 g/mol. The average molecular weight is 425 g/mol. The molecule has 0 bridgehead atoms. The summed E-state index contributed by atoms with van der Waals surface area (Å²) in [7, 11) is 2.19. The van der Waals surface area contributed by atoms with Gasteiger partial charge in [0.1, 0.15) is 5.82 Å². The quantitative estimate of drug-likeness (QED) is 0.686. The Morgan fingerprint density at radius 1 is 0.935 bits per heavy atom. The van der Waals surface area contributed by atoms with E-state index in [0.29, 0.717) is 0 Å². The van der Waals surface area contributed by atoms with E-state index in [1.165, 1.54) is 5.69 Å². The number of piperazine rings is 1. The normalized spacial score (nSPS) is 18.4. The van der Waals surface area contributed by atoms with Crippen LogP contribution in [-0.4, -0.2) is 92.4 Å². The number of rotatable bonds is 7. The van der Waals surface area contributed by atoms with Gasteiger partial charge in [0.25, 0.3) is 0 Å². The fourth-order valence-corrected chi connectivity index (χ4v) is 4.15. The van der Waals surface area contributed by atoms with Gasteiger partial charge >= 0.3 is 0 Å². The second kappa shape index (κ2) is 10.4. The number of hydrogen-bond acceptors (Lipinski definition) is 7. The van der Waals surface area contributed by atoms with Gasteiger partial charge in [-0.05, 0) is 58.1 Å². The molecule has 2 aliphatic rings. The van der Waals surface area contributed by atoms with Crippen molar-refractivity contribution >= 4 is 11.5 Å². The van der Waals surface area contributed by atoms with Gasteiger partial charge in [0.15, 0.2) is 5.82 Å². The molecule has 0 aliphatic carbocycles. The fraction of sp³-hybridized carbons (Fsp3) is 0.583. The number of aryl methyl sites for hydroxylation is 1. The van der Waals surface area contributed by atoms with Gasteiger partial charge in [-0.1, -0.05) is 0 Å². The number of aromatic nitrogens is 2. The lowest BCUT2D eigenvalue weighted by molar-refractivity contribution is 0.0378. The predicted octanol–water partition coefficient (Wildman–Crippen LogP) is 2.65. The molecule has 3 heterocycles. The third-order valence-corrected chi connectivity index (χ3v) is 6.43. The van der Waals surface area contributed by atoms with Gasteiger partial charge in [0.2, 0.25) is 0 Å². The van der Waals surface area contributed by atoms with Gasteiger partial charge in [-0.2, -0.15) is 0 Å². The van der Waals surface area contributed by atoms with E-state index in [1.807, 2.05) is 0 Å². The molecule has 2 saturated heterocycles. The summed E-state index contributed by atoms with van der Waals surface area (Å²) in [4.78, 5) is 16.9. The molecule has 31 heavy (non-hydrogen) atoms. The summed E-state index contributed by atoms with van der Waals surface area (Å²) in [6.45, 7) is 14.4. The molecule has 0 atom stereocenters. The SMILES string of the molecule is Cc1nc(-c2ccc(N3CCN(C)CC3)cc2)nc(NCCCN2CCOCC2)c1C. The molecule has 1 N–H and O–H groups in total. The maximum Gasteiger partial charge on any atom is 0.161 e. The van der Waals surface area contributed by atoms with Crippen LogP contribution in [0.1, 0.15) is 17.7 Å². The summed E-state index contributed by atoms with van der Waals surface area (Å²) in [5, 5.41) is 3.55. The van der Waals surface area contributed by atoms with Gasteiger partial charge in [-0.25, -0.2) is 9.97 Å². The van der Waals surface area contributed by atoms with E-state index < -0.39 is 0 Å². The Balaban J connectivity index is 1.38. The van der Waals surface area contributed by atoms with E-state index in [2.05, 4.69) is 65.2 Å². The number of anilines is 2. The minimum Gasteiger partial charge on any atom is -0.379 e. The Bertz CT molecular complexity index is 842. The van der Waals surface area contributed by atoms with E-state index in [0.717, 1.165) is 100 Å². The molecule has 168 valence electrons.